The minimum atomic E-state index is -0.412. The van der Waals surface area contributed by atoms with Crippen molar-refractivity contribution in [3.05, 3.63) is 65.0 Å². The Morgan fingerprint density at radius 1 is 1.04 bits per heavy atom. The molecule has 130 valence electrons. The third-order valence-electron chi connectivity index (χ3n) is 4.37. The van der Waals surface area contributed by atoms with E-state index < -0.39 is 4.92 Å². The number of aromatic nitrogens is 1. The van der Waals surface area contributed by atoms with Crippen LogP contribution in [-0.4, -0.2) is 15.8 Å². The van der Waals surface area contributed by atoms with E-state index in [1.165, 1.54) is 12.3 Å². The van der Waals surface area contributed by atoms with E-state index >= 15 is 0 Å². The lowest BCUT2D eigenvalue weighted by atomic mass is 10.1. The number of nitrogens with one attached hydrogen (secondary N) is 2. The molecule has 0 unspecified atom stereocenters. The number of rotatable bonds is 5. The van der Waals surface area contributed by atoms with Crippen LogP contribution in [0.1, 0.15) is 12.8 Å². The Balaban J connectivity index is 1.58. The second-order valence-corrected chi connectivity index (χ2v) is 6.28. The number of hydrogen-bond acceptors (Lipinski definition) is 5. The summed E-state index contributed by atoms with van der Waals surface area (Å²) >= 11 is 0. The fraction of sp³-hybridized carbons (Fsp3) is 0.158. The molecule has 1 aliphatic carbocycles. The van der Waals surface area contributed by atoms with E-state index in [1.54, 1.807) is 18.3 Å². The Bertz CT molecular complexity index is 997. The summed E-state index contributed by atoms with van der Waals surface area (Å²) in [6, 6.07) is 12.3. The Morgan fingerprint density at radius 3 is 2.46 bits per heavy atom. The van der Waals surface area contributed by atoms with Crippen molar-refractivity contribution >= 4 is 39.4 Å². The molecule has 4 rings (SSSR count). The first kappa shape index (κ1) is 16.0. The van der Waals surface area contributed by atoms with Gasteiger partial charge in [-0.2, -0.15) is 0 Å². The maximum absolute atomic E-state index is 11.8. The number of nitrogens with zero attached hydrogens (tertiary/aromatic N) is 2. The molecule has 0 atom stereocenters. The van der Waals surface area contributed by atoms with Crippen LogP contribution in [0, 0.1) is 16.0 Å². The summed E-state index contributed by atoms with van der Waals surface area (Å²) < 4.78 is 0. The Hall–Kier alpha value is -3.48. The topological polar surface area (TPSA) is 97.2 Å². The molecular weight excluding hydrogens is 332 g/mol. The largest absolute Gasteiger partial charge is 0.355 e. The van der Waals surface area contributed by atoms with Gasteiger partial charge in [0.1, 0.15) is 0 Å². The molecule has 0 aliphatic heterocycles. The summed E-state index contributed by atoms with van der Waals surface area (Å²) in [6.07, 6.45) is 5.03. The van der Waals surface area contributed by atoms with Gasteiger partial charge in [0, 0.05) is 46.8 Å². The molecule has 7 heteroatoms. The van der Waals surface area contributed by atoms with Gasteiger partial charge < -0.3 is 10.6 Å². The van der Waals surface area contributed by atoms with Crippen molar-refractivity contribution in [2.45, 2.75) is 12.8 Å². The van der Waals surface area contributed by atoms with E-state index in [0.717, 1.165) is 35.3 Å². The number of fused-ring (bicyclic) bond motifs is 1. The molecule has 1 aromatic heterocycles. The predicted octanol–water partition coefficient (Wildman–Crippen LogP) is 4.24. The Morgan fingerprint density at radius 2 is 1.77 bits per heavy atom. The average Bonchev–Trinajstić information content (AvgIpc) is 3.48. The minimum absolute atomic E-state index is 0.0248. The first-order chi connectivity index (χ1) is 12.6. The lowest BCUT2D eigenvalue weighted by Crippen LogP contribution is -2.13. The van der Waals surface area contributed by atoms with Crippen molar-refractivity contribution in [1.82, 2.24) is 4.98 Å². The number of anilines is 3. The van der Waals surface area contributed by atoms with Gasteiger partial charge in [0.25, 0.3) is 5.69 Å². The summed E-state index contributed by atoms with van der Waals surface area (Å²) in [5.41, 5.74) is 2.35. The van der Waals surface area contributed by atoms with Crippen LogP contribution < -0.4 is 10.6 Å². The van der Waals surface area contributed by atoms with Crippen molar-refractivity contribution in [3.8, 4) is 0 Å². The number of amides is 1. The molecule has 0 saturated heterocycles. The first-order valence-corrected chi connectivity index (χ1v) is 8.31. The molecule has 1 amide bonds. The molecule has 1 heterocycles. The van der Waals surface area contributed by atoms with E-state index in [4.69, 9.17) is 0 Å². The van der Waals surface area contributed by atoms with E-state index in [0.29, 0.717) is 5.39 Å². The maximum atomic E-state index is 11.8. The fourth-order valence-electron chi connectivity index (χ4n) is 2.83. The van der Waals surface area contributed by atoms with Gasteiger partial charge in [0.2, 0.25) is 5.91 Å². The summed E-state index contributed by atoms with van der Waals surface area (Å²) in [5.74, 6) is 0.229. The van der Waals surface area contributed by atoms with Gasteiger partial charge in [-0.3, -0.25) is 19.9 Å². The van der Waals surface area contributed by atoms with Gasteiger partial charge >= 0.3 is 0 Å². The van der Waals surface area contributed by atoms with E-state index in [1.807, 2.05) is 24.3 Å². The van der Waals surface area contributed by atoms with Gasteiger partial charge in [-0.05, 0) is 49.2 Å². The molecule has 0 bridgehead atoms. The van der Waals surface area contributed by atoms with Crippen molar-refractivity contribution in [3.63, 3.8) is 0 Å². The molecular formula is C19H16N4O3. The number of pyridine rings is 1. The molecule has 7 nitrogen and oxygen atoms in total. The summed E-state index contributed by atoms with van der Waals surface area (Å²) in [7, 11) is 0. The Kier molecular flexibility index (Phi) is 3.96. The highest BCUT2D eigenvalue weighted by Gasteiger charge is 2.29. The lowest BCUT2D eigenvalue weighted by molar-refractivity contribution is -0.383. The number of non-ortho nitro benzene ring substituents is 1. The third-order valence-corrected chi connectivity index (χ3v) is 4.37. The van der Waals surface area contributed by atoms with Crippen molar-refractivity contribution in [2.75, 3.05) is 10.6 Å². The van der Waals surface area contributed by atoms with Crippen LogP contribution in [0.25, 0.3) is 10.8 Å². The number of hydrogen-bond donors (Lipinski definition) is 2. The highest BCUT2D eigenvalue weighted by Crippen LogP contribution is 2.33. The van der Waals surface area contributed by atoms with Gasteiger partial charge in [-0.25, -0.2) is 0 Å². The molecule has 0 radical (unpaired) electrons. The molecule has 1 fully saturated rings. The minimum Gasteiger partial charge on any atom is -0.355 e. The zero-order valence-electron chi connectivity index (χ0n) is 13.8. The highest BCUT2D eigenvalue weighted by molar-refractivity contribution is 6.00. The van der Waals surface area contributed by atoms with Gasteiger partial charge in [-0.15, -0.1) is 0 Å². The summed E-state index contributed by atoms with van der Waals surface area (Å²) in [5, 5.41) is 18.6. The van der Waals surface area contributed by atoms with Crippen LogP contribution >= 0.6 is 0 Å². The molecule has 1 aliphatic rings. The van der Waals surface area contributed by atoms with Crippen LogP contribution in [-0.2, 0) is 4.79 Å². The molecule has 2 N–H and O–H groups in total. The molecule has 26 heavy (non-hydrogen) atoms. The zero-order chi connectivity index (χ0) is 18.1. The van der Waals surface area contributed by atoms with Crippen LogP contribution in [0.2, 0.25) is 0 Å². The van der Waals surface area contributed by atoms with Crippen molar-refractivity contribution < 1.29 is 9.72 Å². The van der Waals surface area contributed by atoms with Crippen LogP contribution in [0.15, 0.2) is 54.9 Å². The number of carbonyl (C=O) groups excluding carboxylic acids is 1. The maximum Gasteiger partial charge on any atom is 0.278 e. The summed E-state index contributed by atoms with van der Waals surface area (Å²) in [6.45, 7) is 0. The summed E-state index contributed by atoms with van der Waals surface area (Å²) in [4.78, 5) is 26.6. The normalized spacial score (nSPS) is 13.4. The second kappa shape index (κ2) is 6.44. The van der Waals surface area contributed by atoms with E-state index in [9.17, 15) is 14.9 Å². The van der Waals surface area contributed by atoms with Crippen molar-refractivity contribution in [2.24, 2.45) is 5.92 Å². The SMILES string of the molecule is O=C(Nc1ccc(Nc2ccc([N+](=O)[O-])c3cnccc23)cc1)C1CC1. The molecule has 2 aromatic carbocycles. The lowest BCUT2D eigenvalue weighted by Gasteiger charge is -2.11. The number of carbonyl (C=O) groups is 1. The van der Waals surface area contributed by atoms with E-state index in [2.05, 4.69) is 15.6 Å². The predicted molar refractivity (Wildman–Crippen MR) is 99.5 cm³/mol. The number of benzene rings is 2. The monoisotopic (exact) mass is 348 g/mol. The van der Waals surface area contributed by atoms with Crippen LogP contribution in [0.5, 0.6) is 0 Å². The van der Waals surface area contributed by atoms with Crippen molar-refractivity contribution in [1.29, 1.82) is 0 Å². The quantitative estimate of drug-likeness (QED) is 0.531. The number of nitro benzene ring substituents is 1. The standard InChI is InChI=1S/C19H16N4O3/c24-19(12-1-2-12)22-14-5-3-13(4-6-14)21-17-7-8-18(23(25)26)16-11-20-10-9-15(16)17/h3-12,21H,1-2H2,(H,22,24). The Labute approximate surface area is 149 Å². The first-order valence-electron chi connectivity index (χ1n) is 8.31. The molecule has 0 spiro atoms. The fourth-order valence-corrected chi connectivity index (χ4v) is 2.83. The molecule has 1 saturated carbocycles. The van der Waals surface area contributed by atoms with Crippen LogP contribution in [0.4, 0.5) is 22.7 Å². The average molecular weight is 348 g/mol. The van der Waals surface area contributed by atoms with Gasteiger partial charge in [0.05, 0.1) is 10.3 Å². The van der Waals surface area contributed by atoms with Gasteiger partial charge in [0.15, 0.2) is 0 Å². The van der Waals surface area contributed by atoms with Crippen LogP contribution in [0.3, 0.4) is 0 Å². The third kappa shape index (κ3) is 3.19. The number of nitro groups is 1. The smallest absolute Gasteiger partial charge is 0.278 e. The highest BCUT2D eigenvalue weighted by atomic mass is 16.6. The molecule has 3 aromatic rings. The van der Waals surface area contributed by atoms with Gasteiger partial charge in [-0.1, -0.05) is 0 Å². The second-order valence-electron chi connectivity index (χ2n) is 6.28. The zero-order valence-corrected chi connectivity index (χ0v) is 13.8. The van der Waals surface area contributed by atoms with E-state index in [-0.39, 0.29) is 17.5 Å².